The summed E-state index contributed by atoms with van der Waals surface area (Å²) in [7, 11) is 1.81. The van der Waals surface area contributed by atoms with Crippen molar-refractivity contribution in [3.63, 3.8) is 0 Å². The molecule has 1 N–H and O–H groups in total. The van der Waals surface area contributed by atoms with Crippen LogP contribution in [0.4, 0.5) is 0 Å². The highest BCUT2D eigenvalue weighted by atomic mass is 16.2. The van der Waals surface area contributed by atoms with E-state index in [1.165, 1.54) is 0 Å². The Kier molecular flexibility index (Phi) is 5.76. The Morgan fingerprint density at radius 2 is 1.87 bits per heavy atom. The SMILES string of the molecule is Cc1cc2nc(C)c(CCC(=O)N(C)Cc3ccc(C(=O)NC4CC4)cc3)c(C)n2n1. The van der Waals surface area contributed by atoms with Crippen molar-refractivity contribution in [1.82, 2.24) is 24.8 Å². The number of benzene rings is 1. The molecule has 0 spiro atoms. The van der Waals surface area contributed by atoms with E-state index < -0.39 is 0 Å². The highest BCUT2D eigenvalue weighted by Gasteiger charge is 2.23. The van der Waals surface area contributed by atoms with Crippen LogP contribution in [0, 0.1) is 20.8 Å². The van der Waals surface area contributed by atoms with Gasteiger partial charge in [-0.2, -0.15) is 5.10 Å². The molecule has 0 radical (unpaired) electrons. The molecule has 0 unspecified atom stereocenters. The molecule has 3 aromatic rings. The van der Waals surface area contributed by atoms with Crippen LogP contribution in [0.25, 0.3) is 5.65 Å². The molecule has 31 heavy (non-hydrogen) atoms. The number of aromatic nitrogens is 3. The highest BCUT2D eigenvalue weighted by molar-refractivity contribution is 5.94. The molecular formula is C24H29N5O2. The van der Waals surface area contributed by atoms with Crippen molar-refractivity contribution in [3.8, 4) is 0 Å². The summed E-state index contributed by atoms with van der Waals surface area (Å²) in [5.41, 5.74) is 6.48. The molecule has 0 aliphatic heterocycles. The fraction of sp³-hybridized carbons (Fsp3) is 0.417. The maximum atomic E-state index is 12.7. The van der Waals surface area contributed by atoms with Gasteiger partial charge in [-0.05, 0) is 63.3 Å². The summed E-state index contributed by atoms with van der Waals surface area (Å²) in [4.78, 5) is 31.2. The minimum absolute atomic E-state index is 0.0258. The predicted octanol–water partition coefficient (Wildman–Crippen LogP) is 3.14. The molecule has 4 rings (SSSR count). The number of nitrogens with zero attached hydrogens (tertiary/aromatic N) is 4. The van der Waals surface area contributed by atoms with Crippen LogP contribution >= 0.6 is 0 Å². The van der Waals surface area contributed by atoms with Gasteiger partial charge in [0.2, 0.25) is 5.91 Å². The maximum Gasteiger partial charge on any atom is 0.251 e. The molecule has 7 nitrogen and oxygen atoms in total. The minimum Gasteiger partial charge on any atom is -0.349 e. The Balaban J connectivity index is 1.35. The average molecular weight is 420 g/mol. The average Bonchev–Trinajstić information content (AvgIpc) is 3.47. The van der Waals surface area contributed by atoms with Crippen LogP contribution in [0.2, 0.25) is 0 Å². The zero-order chi connectivity index (χ0) is 22.1. The second-order valence-electron chi connectivity index (χ2n) is 8.51. The molecule has 0 saturated heterocycles. The molecule has 0 bridgehead atoms. The van der Waals surface area contributed by atoms with Gasteiger partial charge in [-0.3, -0.25) is 9.59 Å². The summed E-state index contributed by atoms with van der Waals surface area (Å²) in [5.74, 6) is 0.0493. The van der Waals surface area contributed by atoms with Gasteiger partial charge in [-0.25, -0.2) is 9.50 Å². The lowest BCUT2D eigenvalue weighted by Crippen LogP contribution is -2.27. The van der Waals surface area contributed by atoms with Crippen LogP contribution in [0.1, 0.15) is 57.8 Å². The van der Waals surface area contributed by atoms with Crippen LogP contribution in [-0.2, 0) is 17.8 Å². The minimum atomic E-state index is -0.0258. The fourth-order valence-electron chi connectivity index (χ4n) is 3.85. The van der Waals surface area contributed by atoms with Crippen molar-refractivity contribution >= 4 is 17.5 Å². The molecule has 1 fully saturated rings. The molecular weight excluding hydrogens is 390 g/mol. The summed E-state index contributed by atoms with van der Waals surface area (Å²) in [6.45, 7) is 6.48. The van der Waals surface area contributed by atoms with Gasteiger partial charge in [-0.15, -0.1) is 0 Å². The van der Waals surface area contributed by atoms with E-state index in [0.29, 0.717) is 31.0 Å². The van der Waals surface area contributed by atoms with Crippen molar-refractivity contribution < 1.29 is 9.59 Å². The molecule has 2 heterocycles. The Labute approximate surface area is 182 Å². The summed E-state index contributed by atoms with van der Waals surface area (Å²) in [6, 6.07) is 9.78. The topological polar surface area (TPSA) is 79.6 Å². The molecule has 1 aromatic carbocycles. The summed E-state index contributed by atoms with van der Waals surface area (Å²) < 4.78 is 1.85. The van der Waals surface area contributed by atoms with Gasteiger partial charge in [0.25, 0.3) is 5.91 Å². The second-order valence-corrected chi connectivity index (χ2v) is 8.51. The van der Waals surface area contributed by atoms with Gasteiger partial charge < -0.3 is 10.2 Å². The summed E-state index contributed by atoms with van der Waals surface area (Å²) in [5, 5.41) is 7.49. The molecule has 1 aliphatic carbocycles. The standard InChI is InChI=1S/C24H29N5O2/c1-15-13-22-25-16(2)21(17(3)29(22)27-15)11-12-23(30)28(4)14-18-5-7-19(8-6-18)24(31)26-20-9-10-20/h5-8,13,20H,9-12,14H2,1-4H3,(H,26,31). The molecule has 2 aromatic heterocycles. The Morgan fingerprint density at radius 3 is 2.55 bits per heavy atom. The lowest BCUT2D eigenvalue weighted by Gasteiger charge is -2.18. The van der Waals surface area contributed by atoms with E-state index in [1.54, 1.807) is 4.90 Å². The number of rotatable bonds is 7. The third-order valence-electron chi connectivity index (χ3n) is 5.85. The lowest BCUT2D eigenvalue weighted by atomic mass is 10.1. The Hall–Kier alpha value is -3.22. The lowest BCUT2D eigenvalue weighted by molar-refractivity contribution is -0.130. The van der Waals surface area contributed by atoms with Gasteiger partial charge in [-0.1, -0.05) is 12.1 Å². The normalized spacial score (nSPS) is 13.4. The maximum absolute atomic E-state index is 12.7. The number of fused-ring (bicyclic) bond motifs is 1. The number of aryl methyl sites for hydroxylation is 3. The largest absolute Gasteiger partial charge is 0.349 e. The summed E-state index contributed by atoms with van der Waals surface area (Å²) >= 11 is 0. The van der Waals surface area contributed by atoms with Gasteiger partial charge in [0, 0.05) is 49.1 Å². The Morgan fingerprint density at radius 1 is 1.16 bits per heavy atom. The van der Waals surface area contributed by atoms with Crippen molar-refractivity contribution in [3.05, 3.63) is 64.1 Å². The van der Waals surface area contributed by atoms with Crippen LogP contribution in [0.5, 0.6) is 0 Å². The number of hydrogen-bond acceptors (Lipinski definition) is 4. The Bertz CT molecular complexity index is 1130. The smallest absolute Gasteiger partial charge is 0.251 e. The number of amides is 2. The van der Waals surface area contributed by atoms with E-state index in [2.05, 4.69) is 15.4 Å². The third kappa shape index (κ3) is 4.76. The monoisotopic (exact) mass is 419 g/mol. The van der Waals surface area contributed by atoms with Gasteiger partial charge in [0.15, 0.2) is 5.65 Å². The first-order valence-electron chi connectivity index (χ1n) is 10.8. The first-order chi connectivity index (χ1) is 14.8. The molecule has 7 heteroatoms. The predicted molar refractivity (Wildman–Crippen MR) is 119 cm³/mol. The van der Waals surface area contributed by atoms with Gasteiger partial charge in [0.1, 0.15) is 0 Å². The highest BCUT2D eigenvalue weighted by Crippen LogP contribution is 2.20. The van der Waals surface area contributed by atoms with Crippen molar-refractivity contribution in [2.24, 2.45) is 0 Å². The first-order valence-corrected chi connectivity index (χ1v) is 10.8. The van der Waals surface area contributed by atoms with Gasteiger partial charge >= 0.3 is 0 Å². The zero-order valence-electron chi connectivity index (χ0n) is 18.6. The van der Waals surface area contributed by atoms with E-state index in [0.717, 1.165) is 46.7 Å². The van der Waals surface area contributed by atoms with Crippen LogP contribution in [-0.4, -0.2) is 44.4 Å². The molecule has 1 saturated carbocycles. The van der Waals surface area contributed by atoms with E-state index >= 15 is 0 Å². The molecule has 162 valence electrons. The van der Waals surface area contributed by atoms with E-state index in [-0.39, 0.29) is 11.8 Å². The molecule has 0 atom stereocenters. The van der Waals surface area contributed by atoms with Crippen LogP contribution < -0.4 is 5.32 Å². The van der Waals surface area contributed by atoms with E-state index in [4.69, 9.17) is 0 Å². The number of carbonyl (C=O) groups is 2. The zero-order valence-corrected chi connectivity index (χ0v) is 18.6. The van der Waals surface area contributed by atoms with E-state index in [1.807, 2.05) is 62.7 Å². The van der Waals surface area contributed by atoms with Crippen molar-refractivity contribution in [1.29, 1.82) is 0 Å². The van der Waals surface area contributed by atoms with E-state index in [9.17, 15) is 9.59 Å². The van der Waals surface area contributed by atoms with Crippen LogP contribution in [0.3, 0.4) is 0 Å². The summed E-state index contributed by atoms with van der Waals surface area (Å²) in [6.07, 6.45) is 3.18. The van der Waals surface area contributed by atoms with Gasteiger partial charge in [0.05, 0.1) is 5.69 Å². The van der Waals surface area contributed by atoms with Crippen LogP contribution in [0.15, 0.2) is 30.3 Å². The quantitative estimate of drug-likeness (QED) is 0.638. The molecule has 1 aliphatic rings. The number of hydrogen-bond donors (Lipinski definition) is 1. The second kappa shape index (κ2) is 8.49. The molecule has 2 amide bonds. The number of nitrogens with one attached hydrogen (secondary N) is 1. The number of carbonyl (C=O) groups excluding carboxylic acids is 2. The third-order valence-corrected chi connectivity index (χ3v) is 5.85. The first kappa shape index (κ1) is 21.0. The fourth-order valence-corrected chi connectivity index (χ4v) is 3.85. The van der Waals surface area contributed by atoms with Crippen molar-refractivity contribution in [2.75, 3.05) is 7.05 Å². The van der Waals surface area contributed by atoms with Crippen molar-refractivity contribution in [2.45, 2.75) is 59.0 Å².